The summed E-state index contributed by atoms with van der Waals surface area (Å²) in [6, 6.07) is 13.2. The fourth-order valence-electron chi connectivity index (χ4n) is 4.02. The Morgan fingerprint density at radius 1 is 1.20 bits per heavy atom. The summed E-state index contributed by atoms with van der Waals surface area (Å²) in [5.74, 6) is -0.525. The second kappa shape index (κ2) is 8.64. The van der Waals surface area contributed by atoms with E-state index < -0.39 is 12.1 Å². The quantitative estimate of drug-likeness (QED) is 0.380. The third-order valence-corrected chi connectivity index (χ3v) is 5.83. The number of rotatable bonds is 7. The number of nitrogens with two attached hydrogens (primary N) is 1. The van der Waals surface area contributed by atoms with Crippen LogP contribution >= 0.6 is 0 Å². The number of carbonyl (C=O) groups is 1. The predicted octanol–water partition coefficient (Wildman–Crippen LogP) is 1.94. The molecule has 1 aliphatic rings. The monoisotopic (exact) mass is 406 g/mol. The number of piperidine rings is 1. The van der Waals surface area contributed by atoms with Crippen molar-refractivity contribution in [2.75, 3.05) is 30.3 Å². The molecule has 0 spiro atoms. The van der Waals surface area contributed by atoms with Crippen LogP contribution in [-0.2, 0) is 0 Å². The number of aromatic nitrogens is 2. The topological polar surface area (TPSA) is 125 Å². The highest BCUT2D eigenvalue weighted by atomic mass is 16.3. The summed E-state index contributed by atoms with van der Waals surface area (Å²) < 4.78 is 0. The van der Waals surface area contributed by atoms with Gasteiger partial charge in [0.15, 0.2) is 0 Å². The first-order valence-electron chi connectivity index (χ1n) is 10.1. The summed E-state index contributed by atoms with van der Waals surface area (Å²) in [6.07, 6.45) is 3.98. The molecule has 1 saturated heterocycles. The number of nitrogens with one attached hydrogen (secondary N) is 3. The fraction of sp³-hybridized carbons (Fsp3) is 0.318. The zero-order valence-corrected chi connectivity index (χ0v) is 16.6. The van der Waals surface area contributed by atoms with E-state index in [0.29, 0.717) is 17.6 Å². The number of carbonyl (C=O) groups excluding carboxylic acids is 1. The van der Waals surface area contributed by atoms with Crippen molar-refractivity contribution in [2.45, 2.75) is 19.1 Å². The molecular weight excluding hydrogens is 380 g/mol. The first kappa shape index (κ1) is 20.1. The zero-order chi connectivity index (χ0) is 21.0. The number of hydrogen-bond acceptors (Lipinski definition) is 7. The minimum absolute atomic E-state index is 0.361. The van der Waals surface area contributed by atoms with E-state index in [4.69, 9.17) is 5.73 Å². The smallest absolute Gasteiger partial charge is 0.250 e. The van der Waals surface area contributed by atoms with E-state index in [2.05, 4.69) is 25.9 Å². The number of para-hydroxylation sites is 1. The average molecular weight is 406 g/mol. The minimum atomic E-state index is -0.720. The Labute approximate surface area is 174 Å². The predicted molar refractivity (Wildman–Crippen MR) is 117 cm³/mol. The van der Waals surface area contributed by atoms with Gasteiger partial charge in [-0.15, -0.1) is 0 Å². The molecule has 2 aromatic carbocycles. The van der Waals surface area contributed by atoms with E-state index in [0.717, 1.165) is 42.7 Å². The molecule has 0 aliphatic carbocycles. The van der Waals surface area contributed by atoms with E-state index in [1.165, 1.54) is 6.33 Å². The van der Waals surface area contributed by atoms with Crippen molar-refractivity contribution in [3.8, 4) is 0 Å². The van der Waals surface area contributed by atoms with Gasteiger partial charge in [-0.2, -0.15) is 0 Å². The number of fused-ring (bicyclic) bond motifs is 1. The van der Waals surface area contributed by atoms with Gasteiger partial charge in [0.05, 0.1) is 11.1 Å². The molecule has 1 atom stereocenters. The maximum Gasteiger partial charge on any atom is 0.250 e. The second-order valence-corrected chi connectivity index (χ2v) is 7.69. The number of aliphatic hydroxyl groups excluding tert-OH is 1. The van der Waals surface area contributed by atoms with Crippen molar-refractivity contribution in [1.29, 1.82) is 0 Å². The standard InChI is InChI=1S/C22H26N6O2/c23-20(29)16-6-7-18(17-12-25-14-27-19(16)17)26-13-22(8-10-24-11-9-22)21(30)28-15-4-2-1-3-5-15/h1-7,12,14,21,24,26,28,30H,8-11,13H2,(H2,23,29). The van der Waals surface area contributed by atoms with E-state index in [1.54, 1.807) is 12.3 Å². The fourth-order valence-corrected chi connectivity index (χ4v) is 4.02. The van der Waals surface area contributed by atoms with Crippen LogP contribution in [0.25, 0.3) is 10.9 Å². The normalized spacial score (nSPS) is 16.7. The van der Waals surface area contributed by atoms with E-state index in [-0.39, 0.29) is 5.41 Å². The summed E-state index contributed by atoms with van der Waals surface area (Å²) in [4.78, 5) is 20.1. The molecule has 1 aliphatic heterocycles. The van der Waals surface area contributed by atoms with Gasteiger partial charge in [-0.3, -0.25) is 4.79 Å². The highest BCUT2D eigenvalue weighted by Crippen LogP contribution is 2.35. The lowest BCUT2D eigenvalue weighted by molar-refractivity contribution is 0.0307. The molecule has 2 heterocycles. The molecule has 0 saturated carbocycles. The van der Waals surface area contributed by atoms with Gasteiger partial charge in [0.25, 0.3) is 5.91 Å². The van der Waals surface area contributed by atoms with Crippen molar-refractivity contribution in [1.82, 2.24) is 15.3 Å². The van der Waals surface area contributed by atoms with Gasteiger partial charge in [-0.05, 0) is 50.2 Å². The van der Waals surface area contributed by atoms with Crippen molar-refractivity contribution in [3.63, 3.8) is 0 Å². The minimum Gasteiger partial charge on any atom is -0.384 e. The highest BCUT2D eigenvalue weighted by molar-refractivity contribution is 6.07. The van der Waals surface area contributed by atoms with Gasteiger partial charge in [0, 0.05) is 34.9 Å². The molecule has 1 aromatic heterocycles. The third kappa shape index (κ3) is 4.05. The van der Waals surface area contributed by atoms with E-state index >= 15 is 0 Å². The van der Waals surface area contributed by atoms with Crippen molar-refractivity contribution in [2.24, 2.45) is 11.1 Å². The molecule has 1 fully saturated rings. The Hall–Kier alpha value is -3.23. The van der Waals surface area contributed by atoms with Crippen LogP contribution in [0.2, 0.25) is 0 Å². The van der Waals surface area contributed by atoms with Crippen LogP contribution in [0.4, 0.5) is 11.4 Å². The maximum atomic E-state index is 11.7. The van der Waals surface area contributed by atoms with Crippen LogP contribution in [-0.4, -0.2) is 46.8 Å². The molecule has 4 rings (SSSR count). The molecule has 3 aromatic rings. The largest absolute Gasteiger partial charge is 0.384 e. The lowest BCUT2D eigenvalue weighted by Crippen LogP contribution is -2.51. The van der Waals surface area contributed by atoms with Crippen LogP contribution in [0, 0.1) is 5.41 Å². The number of nitrogens with zero attached hydrogens (tertiary/aromatic N) is 2. The van der Waals surface area contributed by atoms with Crippen molar-refractivity contribution >= 4 is 28.2 Å². The van der Waals surface area contributed by atoms with Gasteiger partial charge in [-0.1, -0.05) is 18.2 Å². The van der Waals surface area contributed by atoms with Gasteiger partial charge in [0.2, 0.25) is 0 Å². The first-order chi connectivity index (χ1) is 14.6. The molecule has 8 nitrogen and oxygen atoms in total. The molecule has 30 heavy (non-hydrogen) atoms. The molecule has 0 bridgehead atoms. The molecule has 8 heteroatoms. The van der Waals surface area contributed by atoms with Crippen LogP contribution in [0.3, 0.4) is 0 Å². The molecular formula is C22H26N6O2. The number of aliphatic hydroxyl groups is 1. The van der Waals surface area contributed by atoms with Gasteiger partial charge in [0.1, 0.15) is 12.6 Å². The number of benzene rings is 2. The Kier molecular flexibility index (Phi) is 5.78. The first-order valence-corrected chi connectivity index (χ1v) is 10.1. The molecule has 6 N–H and O–H groups in total. The van der Waals surface area contributed by atoms with E-state index in [1.807, 2.05) is 36.4 Å². The third-order valence-electron chi connectivity index (χ3n) is 5.83. The lowest BCUT2D eigenvalue weighted by Gasteiger charge is -2.42. The van der Waals surface area contributed by atoms with Crippen LogP contribution < -0.4 is 21.7 Å². The summed E-state index contributed by atoms with van der Waals surface area (Å²) in [5, 5.41) is 21.9. The molecule has 156 valence electrons. The average Bonchev–Trinajstić information content (AvgIpc) is 2.78. The Bertz CT molecular complexity index is 1020. The van der Waals surface area contributed by atoms with E-state index in [9.17, 15) is 9.90 Å². The number of anilines is 2. The second-order valence-electron chi connectivity index (χ2n) is 7.69. The van der Waals surface area contributed by atoms with Crippen molar-refractivity contribution in [3.05, 3.63) is 60.6 Å². The summed E-state index contributed by atoms with van der Waals surface area (Å²) in [6.45, 7) is 2.22. The maximum absolute atomic E-state index is 11.7. The van der Waals surface area contributed by atoms with Crippen LogP contribution in [0.15, 0.2) is 55.0 Å². The molecule has 1 amide bonds. The van der Waals surface area contributed by atoms with Gasteiger partial charge in [-0.25, -0.2) is 9.97 Å². The lowest BCUT2D eigenvalue weighted by atomic mass is 9.76. The Morgan fingerprint density at radius 2 is 1.97 bits per heavy atom. The Morgan fingerprint density at radius 3 is 2.70 bits per heavy atom. The van der Waals surface area contributed by atoms with Crippen molar-refractivity contribution < 1.29 is 9.90 Å². The van der Waals surface area contributed by atoms with Gasteiger partial charge < -0.3 is 26.8 Å². The number of hydrogen-bond donors (Lipinski definition) is 5. The van der Waals surface area contributed by atoms with Crippen LogP contribution in [0.5, 0.6) is 0 Å². The number of primary amides is 1. The summed E-state index contributed by atoms with van der Waals surface area (Å²) >= 11 is 0. The SMILES string of the molecule is NC(=O)c1ccc(NCC2(C(O)Nc3ccccc3)CCNCC2)c2cncnc12. The molecule has 1 unspecified atom stereocenters. The molecule has 0 radical (unpaired) electrons. The van der Waals surface area contributed by atoms with Crippen LogP contribution in [0.1, 0.15) is 23.2 Å². The van der Waals surface area contributed by atoms with Gasteiger partial charge >= 0.3 is 0 Å². The zero-order valence-electron chi connectivity index (χ0n) is 16.6. The Balaban J connectivity index is 1.59. The summed E-state index contributed by atoms with van der Waals surface area (Å²) in [7, 11) is 0. The summed E-state index contributed by atoms with van der Waals surface area (Å²) in [5.41, 5.74) is 7.68. The highest BCUT2D eigenvalue weighted by Gasteiger charge is 2.39. The number of amides is 1.